The fourth-order valence-electron chi connectivity index (χ4n) is 1.54. The van der Waals surface area contributed by atoms with Gasteiger partial charge in [0.2, 0.25) is 10.0 Å². The maximum absolute atomic E-state index is 12.1. The van der Waals surface area contributed by atoms with Crippen molar-refractivity contribution in [3.05, 3.63) is 23.8 Å². The molecule has 0 aliphatic heterocycles. The minimum Gasteiger partial charge on any atom is -0.507 e. The first-order valence-electron chi connectivity index (χ1n) is 5.85. The van der Waals surface area contributed by atoms with Crippen LogP contribution in [0.5, 0.6) is 5.75 Å². The molecule has 112 valence electrons. The van der Waals surface area contributed by atoms with Crippen LogP contribution in [0.4, 0.5) is 0 Å². The third kappa shape index (κ3) is 4.19. The van der Waals surface area contributed by atoms with Crippen molar-refractivity contribution in [1.82, 2.24) is 4.72 Å². The van der Waals surface area contributed by atoms with Crippen LogP contribution in [0.2, 0.25) is 0 Å². The maximum atomic E-state index is 12.1. The van der Waals surface area contributed by atoms with Crippen molar-refractivity contribution in [2.75, 3.05) is 13.7 Å². The van der Waals surface area contributed by atoms with E-state index < -0.39 is 27.3 Å². The minimum absolute atomic E-state index is 0.211. The Kier molecular flexibility index (Phi) is 5.49. The lowest BCUT2D eigenvalue weighted by Crippen LogP contribution is -2.33. The van der Waals surface area contributed by atoms with Gasteiger partial charge in [-0.2, -0.15) is 0 Å². The third-order valence-electron chi connectivity index (χ3n) is 2.62. The van der Waals surface area contributed by atoms with Gasteiger partial charge in [-0.1, -0.05) is 0 Å². The normalized spacial score (nSPS) is 13.1. The monoisotopic (exact) mass is 303 g/mol. The van der Waals surface area contributed by atoms with E-state index in [0.717, 1.165) is 18.2 Å². The average Bonchev–Trinajstić information content (AvgIpc) is 2.35. The number of nitrogens with one attached hydrogen (secondary N) is 1. The molecule has 1 aromatic rings. The smallest absolute Gasteiger partial charge is 0.339 e. The lowest BCUT2D eigenvalue weighted by atomic mass is 10.2. The maximum Gasteiger partial charge on any atom is 0.339 e. The van der Waals surface area contributed by atoms with Crippen molar-refractivity contribution in [1.29, 1.82) is 0 Å². The number of methoxy groups -OCH3 is 1. The molecule has 0 aliphatic carbocycles. The van der Waals surface area contributed by atoms with Crippen molar-refractivity contribution in [3.63, 3.8) is 0 Å². The number of carboxylic acid groups (broad SMARTS) is 1. The zero-order valence-electron chi connectivity index (χ0n) is 11.2. The summed E-state index contributed by atoms with van der Waals surface area (Å²) < 4.78 is 31.4. The molecular weight excluding hydrogens is 286 g/mol. The number of sulfonamides is 1. The van der Waals surface area contributed by atoms with E-state index in [0.29, 0.717) is 13.0 Å². The molecule has 0 bridgehead atoms. The van der Waals surface area contributed by atoms with Crippen LogP contribution in [0, 0.1) is 0 Å². The lowest BCUT2D eigenvalue weighted by molar-refractivity contribution is 0.0693. The summed E-state index contributed by atoms with van der Waals surface area (Å²) in [5.41, 5.74) is -0.461. The number of hydrogen-bond acceptors (Lipinski definition) is 5. The molecule has 1 aromatic carbocycles. The van der Waals surface area contributed by atoms with Gasteiger partial charge in [-0.3, -0.25) is 0 Å². The van der Waals surface area contributed by atoms with E-state index in [1.165, 1.54) is 7.11 Å². The van der Waals surface area contributed by atoms with Crippen LogP contribution in [0.3, 0.4) is 0 Å². The number of ether oxygens (including phenoxy) is 1. The molecular formula is C12H17NO6S. The number of aromatic carboxylic acids is 1. The molecule has 0 heterocycles. The van der Waals surface area contributed by atoms with Crippen LogP contribution < -0.4 is 4.72 Å². The highest BCUT2D eigenvalue weighted by molar-refractivity contribution is 7.89. The highest BCUT2D eigenvalue weighted by Crippen LogP contribution is 2.21. The largest absolute Gasteiger partial charge is 0.507 e. The highest BCUT2D eigenvalue weighted by Gasteiger charge is 2.20. The summed E-state index contributed by atoms with van der Waals surface area (Å²) in [6.07, 6.45) is 0.486. The molecule has 0 aliphatic rings. The highest BCUT2D eigenvalue weighted by atomic mass is 32.2. The molecule has 1 unspecified atom stereocenters. The van der Waals surface area contributed by atoms with E-state index in [4.69, 9.17) is 9.84 Å². The Labute approximate surface area is 117 Å². The summed E-state index contributed by atoms with van der Waals surface area (Å²) in [7, 11) is -2.33. The van der Waals surface area contributed by atoms with Crippen LogP contribution in [-0.4, -0.2) is 44.4 Å². The first-order chi connectivity index (χ1) is 9.27. The predicted molar refractivity (Wildman–Crippen MR) is 71.3 cm³/mol. The Balaban J connectivity index is 2.98. The Hall–Kier alpha value is -1.64. The molecule has 0 aromatic heterocycles. The second-order valence-corrected chi connectivity index (χ2v) is 6.00. The zero-order chi connectivity index (χ0) is 15.3. The number of carboxylic acids is 1. The summed E-state index contributed by atoms with van der Waals surface area (Å²) in [5, 5.41) is 18.2. The molecule has 20 heavy (non-hydrogen) atoms. The summed E-state index contributed by atoms with van der Waals surface area (Å²) >= 11 is 0. The molecule has 0 saturated heterocycles. The fraction of sp³-hybridized carbons (Fsp3) is 0.417. The second kappa shape index (κ2) is 6.69. The van der Waals surface area contributed by atoms with E-state index >= 15 is 0 Å². The first-order valence-corrected chi connectivity index (χ1v) is 7.34. The van der Waals surface area contributed by atoms with Crippen LogP contribution in [0.15, 0.2) is 23.1 Å². The van der Waals surface area contributed by atoms with Gasteiger partial charge in [0.05, 0.1) is 4.90 Å². The van der Waals surface area contributed by atoms with Gasteiger partial charge in [0, 0.05) is 19.8 Å². The van der Waals surface area contributed by atoms with E-state index in [-0.39, 0.29) is 10.9 Å². The third-order valence-corrected chi connectivity index (χ3v) is 4.21. The molecule has 0 radical (unpaired) electrons. The average molecular weight is 303 g/mol. The van der Waals surface area contributed by atoms with E-state index in [1.54, 1.807) is 6.92 Å². The topological polar surface area (TPSA) is 113 Å². The number of carbonyl (C=O) groups is 1. The molecule has 1 atom stereocenters. The quantitative estimate of drug-likeness (QED) is 0.686. The number of phenols is 1. The van der Waals surface area contributed by atoms with E-state index in [1.807, 2.05) is 0 Å². The van der Waals surface area contributed by atoms with Gasteiger partial charge in [0.15, 0.2) is 0 Å². The zero-order valence-corrected chi connectivity index (χ0v) is 12.0. The van der Waals surface area contributed by atoms with Crippen LogP contribution in [0.1, 0.15) is 23.7 Å². The molecule has 0 amide bonds. The first kappa shape index (κ1) is 16.4. The lowest BCUT2D eigenvalue weighted by Gasteiger charge is -2.14. The Morgan fingerprint density at radius 1 is 1.45 bits per heavy atom. The second-order valence-electron chi connectivity index (χ2n) is 4.29. The van der Waals surface area contributed by atoms with Gasteiger partial charge in [-0.15, -0.1) is 0 Å². The van der Waals surface area contributed by atoms with Crippen LogP contribution in [0.25, 0.3) is 0 Å². The van der Waals surface area contributed by atoms with Crippen LogP contribution >= 0.6 is 0 Å². The Bertz CT molecular complexity index is 584. The van der Waals surface area contributed by atoms with Crippen molar-refractivity contribution in [3.8, 4) is 5.75 Å². The summed E-state index contributed by atoms with van der Waals surface area (Å²) in [4.78, 5) is 10.7. The van der Waals surface area contributed by atoms with Crippen LogP contribution in [-0.2, 0) is 14.8 Å². The number of rotatable bonds is 7. The molecule has 8 heteroatoms. The van der Waals surface area contributed by atoms with Crippen molar-refractivity contribution in [2.24, 2.45) is 0 Å². The molecule has 7 nitrogen and oxygen atoms in total. The number of aromatic hydroxyl groups is 1. The van der Waals surface area contributed by atoms with Gasteiger partial charge in [-0.05, 0) is 31.5 Å². The van der Waals surface area contributed by atoms with Gasteiger partial charge in [0.25, 0.3) is 0 Å². The van der Waals surface area contributed by atoms with E-state index in [2.05, 4.69) is 4.72 Å². The standard InChI is InChI=1S/C12H17NO6S/c1-8(5-6-19-2)13-20(17,18)9-3-4-11(14)10(7-9)12(15)16/h3-4,7-8,13-14H,5-6H2,1-2H3,(H,15,16). The van der Waals surface area contributed by atoms with Crippen molar-refractivity contribution in [2.45, 2.75) is 24.3 Å². The molecule has 0 saturated carbocycles. The SMILES string of the molecule is COCCC(C)NS(=O)(=O)c1ccc(O)c(C(=O)O)c1. The summed E-state index contributed by atoms with van der Waals surface area (Å²) in [6, 6.07) is 2.75. The predicted octanol–water partition coefficient (Wildman–Crippen LogP) is 0.794. The fourth-order valence-corrected chi connectivity index (χ4v) is 2.84. The van der Waals surface area contributed by atoms with Gasteiger partial charge >= 0.3 is 5.97 Å². The Morgan fingerprint density at radius 2 is 2.10 bits per heavy atom. The van der Waals surface area contributed by atoms with Crippen molar-refractivity contribution < 1.29 is 28.2 Å². The van der Waals surface area contributed by atoms with Gasteiger partial charge < -0.3 is 14.9 Å². The number of hydrogen-bond donors (Lipinski definition) is 3. The summed E-state index contributed by atoms with van der Waals surface area (Å²) in [5.74, 6) is -1.88. The molecule has 3 N–H and O–H groups in total. The summed E-state index contributed by atoms with van der Waals surface area (Å²) in [6.45, 7) is 2.08. The Morgan fingerprint density at radius 3 is 2.65 bits per heavy atom. The minimum atomic E-state index is -3.84. The van der Waals surface area contributed by atoms with Gasteiger partial charge in [-0.25, -0.2) is 17.9 Å². The van der Waals surface area contributed by atoms with E-state index in [9.17, 15) is 18.3 Å². The number of benzene rings is 1. The van der Waals surface area contributed by atoms with Gasteiger partial charge in [0.1, 0.15) is 11.3 Å². The van der Waals surface area contributed by atoms with Crippen molar-refractivity contribution >= 4 is 16.0 Å². The molecule has 0 spiro atoms. The molecule has 0 fully saturated rings. The molecule has 1 rings (SSSR count).